The summed E-state index contributed by atoms with van der Waals surface area (Å²) in [6.45, 7) is 1.38. The first-order valence-electron chi connectivity index (χ1n) is 9.42. The fourth-order valence-corrected chi connectivity index (χ4v) is 3.92. The van der Waals surface area contributed by atoms with Crippen molar-refractivity contribution in [3.05, 3.63) is 74.9 Å². The summed E-state index contributed by atoms with van der Waals surface area (Å²) < 4.78 is 10.8. The van der Waals surface area contributed by atoms with Crippen molar-refractivity contribution in [1.29, 1.82) is 5.26 Å². The molecule has 4 rings (SSSR count). The zero-order valence-electron chi connectivity index (χ0n) is 17.1. The fourth-order valence-electron chi connectivity index (χ4n) is 3.70. The van der Waals surface area contributed by atoms with Crippen LogP contribution in [0.4, 0.5) is 11.4 Å². The third kappa shape index (κ3) is 3.51. The van der Waals surface area contributed by atoms with E-state index < -0.39 is 18.0 Å². The molecular formula is C23H18ClN3O4. The van der Waals surface area contributed by atoms with Crippen LogP contribution in [0.25, 0.3) is 11.0 Å². The van der Waals surface area contributed by atoms with Crippen LogP contribution >= 0.6 is 11.6 Å². The Bertz CT molecular complexity index is 1320. The molecule has 7 nitrogen and oxygen atoms in total. The summed E-state index contributed by atoms with van der Waals surface area (Å²) in [5.41, 5.74) is 2.30. The molecule has 0 unspecified atom stereocenters. The number of nitriles is 1. The van der Waals surface area contributed by atoms with E-state index in [-0.39, 0.29) is 16.3 Å². The van der Waals surface area contributed by atoms with Gasteiger partial charge in [-0.15, -0.1) is 0 Å². The van der Waals surface area contributed by atoms with Gasteiger partial charge in [0, 0.05) is 31.6 Å². The van der Waals surface area contributed by atoms with Crippen molar-refractivity contribution >= 4 is 39.7 Å². The van der Waals surface area contributed by atoms with Gasteiger partial charge < -0.3 is 19.0 Å². The molecular weight excluding hydrogens is 418 g/mol. The molecule has 0 amide bonds. The summed E-state index contributed by atoms with van der Waals surface area (Å²) in [4.78, 5) is 28.1. The predicted molar refractivity (Wildman–Crippen MR) is 119 cm³/mol. The number of rotatable bonds is 4. The van der Waals surface area contributed by atoms with E-state index in [1.165, 1.54) is 12.1 Å². The topological polar surface area (TPSA) is 86.8 Å². The molecule has 0 aliphatic carbocycles. The maximum atomic E-state index is 12.9. The summed E-state index contributed by atoms with van der Waals surface area (Å²) in [6, 6.07) is 14.1. The number of aryl methyl sites for hydroxylation is 1. The van der Waals surface area contributed by atoms with Crippen molar-refractivity contribution in [2.75, 3.05) is 30.5 Å². The number of Topliss-reactive ketones (excluding diaryl/α,β-unsaturated/α-hetero) is 1. The maximum absolute atomic E-state index is 12.9. The van der Waals surface area contributed by atoms with E-state index in [4.69, 9.17) is 20.8 Å². The molecule has 0 bridgehead atoms. The van der Waals surface area contributed by atoms with Gasteiger partial charge in [-0.05, 0) is 30.7 Å². The number of fused-ring (bicyclic) bond motifs is 2. The van der Waals surface area contributed by atoms with Crippen LogP contribution in [-0.2, 0) is 4.79 Å². The molecule has 2 heterocycles. The number of para-hydroxylation sites is 2. The van der Waals surface area contributed by atoms with Crippen LogP contribution < -0.4 is 20.2 Å². The lowest BCUT2D eigenvalue weighted by atomic mass is 10.1. The Morgan fingerprint density at radius 1 is 1.16 bits per heavy atom. The van der Waals surface area contributed by atoms with Gasteiger partial charge in [-0.25, -0.2) is 4.79 Å². The number of halogens is 1. The number of carbonyl (C=O) groups is 1. The van der Waals surface area contributed by atoms with E-state index in [0.29, 0.717) is 16.8 Å². The van der Waals surface area contributed by atoms with E-state index in [9.17, 15) is 14.9 Å². The molecule has 3 aromatic rings. The molecule has 1 aliphatic rings. The molecule has 8 heteroatoms. The second kappa shape index (κ2) is 7.82. The van der Waals surface area contributed by atoms with Crippen LogP contribution in [0.2, 0.25) is 5.02 Å². The van der Waals surface area contributed by atoms with Crippen LogP contribution in [0.1, 0.15) is 5.56 Å². The molecule has 0 atom stereocenters. The minimum Gasteiger partial charge on any atom is -0.484 e. The Balaban J connectivity index is 1.63. The molecule has 2 aromatic carbocycles. The monoisotopic (exact) mass is 435 g/mol. The molecule has 1 aliphatic heterocycles. The third-order valence-electron chi connectivity index (χ3n) is 5.22. The second-order valence-corrected chi connectivity index (χ2v) is 7.56. The molecule has 1 aromatic heterocycles. The number of nitrogens with zero attached hydrogens (tertiary/aromatic N) is 3. The van der Waals surface area contributed by atoms with Crippen LogP contribution in [0.3, 0.4) is 0 Å². The lowest BCUT2D eigenvalue weighted by Crippen LogP contribution is -2.27. The first-order chi connectivity index (χ1) is 14.8. The normalized spacial score (nSPS) is 12.7. The summed E-state index contributed by atoms with van der Waals surface area (Å²) >= 11 is 6.30. The highest BCUT2D eigenvalue weighted by Crippen LogP contribution is 2.40. The number of ketones is 1. The van der Waals surface area contributed by atoms with Gasteiger partial charge in [0.15, 0.2) is 6.61 Å². The Morgan fingerprint density at radius 2 is 1.81 bits per heavy atom. The molecule has 0 radical (unpaired) electrons. The Labute approximate surface area is 183 Å². The number of benzene rings is 2. The largest absolute Gasteiger partial charge is 0.484 e. The van der Waals surface area contributed by atoms with Crippen LogP contribution in [0.5, 0.6) is 5.75 Å². The molecule has 0 saturated carbocycles. The van der Waals surface area contributed by atoms with Crippen LogP contribution in [0.15, 0.2) is 63.1 Å². The summed E-state index contributed by atoms with van der Waals surface area (Å²) in [7, 11) is 3.60. The van der Waals surface area contributed by atoms with E-state index >= 15 is 0 Å². The Kier molecular flexibility index (Phi) is 5.17. The summed E-state index contributed by atoms with van der Waals surface area (Å²) in [5.74, 6) is 0.171. The third-order valence-corrected chi connectivity index (χ3v) is 5.51. The maximum Gasteiger partial charge on any atom is 0.336 e. The lowest BCUT2D eigenvalue weighted by Gasteiger charge is -2.20. The molecule has 0 N–H and O–H groups in total. The van der Waals surface area contributed by atoms with Gasteiger partial charge in [0.2, 0.25) is 5.78 Å². The highest BCUT2D eigenvalue weighted by molar-refractivity contribution is 6.32. The van der Waals surface area contributed by atoms with Gasteiger partial charge in [-0.3, -0.25) is 4.79 Å². The minimum atomic E-state index is -0.495. The van der Waals surface area contributed by atoms with Crippen molar-refractivity contribution in [2.45, 2.75) is 6.92 Å². The Hall–Kier alpha value is -3.76. The highest BCUT2D eigenvalue weighted by Gasteiger charge is 2.31. The van der Waals surface area contributed by atoms with Crippen molar-refractivity contribution in [3.63, 3.8) is 0 Å². The summed E-state index contributed by atoms with van der Waals surface area (Å²) in [5, 5.41) is 10.7. The van der Waals surface area contributed by atoms with E-state index in [1.54, 1.807) is 36.9 Å². The second-order valence-electron chi connectivity index (χ2n) is 7.16. The van der Waals surface area contributed by atoms with Crippen LogP contribution in [0, 0.1) is 18.3 Å². The van der Waals surface area contributed by atoms with Gasteiger partial charge in [0.25, 0.3) is 0 Å². The zero-order chi connectivity index (χ0) is 22.3. The van der Waals surface area contributed by atoms with Gasteiger partial charge >= 0.3 is 5.63 Å². The van der Waals surface area contributed by atoms with Crippen molar-refractivity contribution in [2.24, 2.45) is 0 Å². The number of ether oxygens (including phenoxy) is 1. The first kappa shape index (κ1) is 20.5. The number of hydrogen-bond acceptors (Lipinski definition) is 7. The zero-order valence-corrected chi connectivity index (χ0v) is 17.9. The minimum absolute atomic E-state index is 0.0273. The standard InChI is InChI=1S/C23H18ClN3O4/c1-13-8-22(29)31-20-10-21(16(24)9-14(13)20)30-12-19(28)15(11-25)23-26(2)17-6-4-5-7-18(17)27(23)3/h4-10H,12H2,1-3H3. The molecule has 31 heavy (non-hydrogen) atoms. The fraction of sp³-hybridized carbons (Fsp3) is 0.174. The molecule has 0 spiro atoms. The molecule has 0 saturated heterocycles. The van der Waals surface area contributed by atoms with Crippen LogP contribution in [-0.4, -0.2) is 26.5 Å². The lowest BCUT2D eigenvalue weighted by molar-refractivity contribution is -0.117. The van der Waals surface area contributed by atoms with Crippen molar-refractivity contribution < 1.29 is 13.9 Å². The smallest absolute Gasteiger partial charge is 0.336 e. The average Bonchev–Trinajstić information content (AvgIpc) is 2.99. The van der Waals surface area contributed by atoms with E-state index in [2.05, 4.69) is 0 Å². The number of carbonyl (C=O) groups excluding carboxylic acids is 1. The first-order valence-corrected chi connectivity index (χ1v) is 9.80. The van der Waals surface area contributed by atoms with E-state index in [1.807, 2.05) is 30.3 Å². The number of hydrogen-bond donors (Lipinski definition) is 0. The predicted octanol–water partition coefficient (Wildman–Crippen LogP) is 4.02. The SMILES string of the molecule is Cc1cc(=O)oc2cc(OCC(=O)C(C#N)=C3N(C)c4ccccc4N3C)c(Cl)cc12. The van der Waals surface area contributed by atoms with Gasteiger partial charge in [0.05, 0.1) is 16.4 Å². The van der Waals surface area contributed by atoms with Gasteiger partial charge in [-0.2, -0.15) is 5.26 Å². The van der Waals surface area contributed by atoms with E-state index in [0.717, 1.165) is 16.9 Å². The summed E-state index contributed by atoms with van der Waals surface area (Å²) in [6.07, 6.45) is 0. The highest BCUT2D eigenvalue weighted by atomic mass is 35.5. The van der Waals surface area contributed by atoms with Gasteiger partial charge in [-0.1, -0.05) is 23.7 Å². The van der Waals surface area contributed by atoms with Gasteiger partial charge in [0.1, 0.15) is 28.8 Å². The van der Waals surface area contributed by atoms with Crippen molar-refractivity contribution in [3.8, 4) is 11.8 Å². The molecule has 156 valence electrons. The van der Waals surface area contributed by atoms with Crippen molar-refractivity contribution in [1.82, 2.24) is 0 Å². The molecule has 0 fully saturated rings. The number of anilines is 2. The Morgan fingerprint density at radius 3 is 2.42 bits per heavy atom. The average molecular weight is 436 g/mol. The quantitative estimate of drug-likeness (QED) is 0.347.